The molecular formula is C8H14N2O3S. The summed E-state index contributed by atoms with van der Waals surface area (Å²) in [4.78, 5) is 0. The first kappa shape index (κ1) is 11.4. The predicted molar refractivity (Wildman–Crippen MR) is 50.9 cm³/mol. The maximum Gasteiger partial charge on any atom is 0.208 e. The van der Waals surface area contributed by atoms with Crippen LogP contribution in [0, 0.1) is 16.7 Å². The summed E-state index contributed by atoms with van der Waals surface area (Å²) in [6.07, 6.45) is 2.27. The van der Waals surface area contributed by atoms with Crippen LogP contribution in [-0.2, 0) is 14.8 Å². The minimum absolute atomic E-state index is 0.186. The van der Waals surface area contributed by atoms with Gasteiger partial charge in [0, 0.05) is 19.8 Å². The SMILES string of the molecule is CS(=O)(=O)NCC1(C#N)CCOCC1. The number of rotatable bonds is 3. The third kappa shape index (κ3) is 3.25. The third-order valence-corrected chi connectivity index (χ3v) is 3.03. The Morgan fingerprint density at radius 3 is 2.50 bits per heavy atom. The van der Waals surface area contributed by atoms with Gasteiger partial charge in [-0.25, -0.2) is 13.1 Å². The molecule has 80 valence electrons. The summed E-state index contributed by atoms with van der Waals surface area (Å²) in [6, 6.07) is 2.18. The first-order valence-corrected chi connectivity index (χ1v) is 6.30. The van der Waals surface area contributed by atoms with E-state index in [1.165, 1.54) is 0 Å². The molecule has 0 radical (unpaired) electrons. The Morgan fingerprint density at radius 2 is 2.07 bits per heavy atom. The van der Waals surface area contributed by atoms with E-state index in [9.17, 15) is 8.42 Å². The highest BCUT2D eigenvalue weighted by atomic mass is 32.2. The maximum atomic E-state index is 10.9. The van der Waals surface area contributed by atoms with Crippen LogP contribution in [-0.4, -0.2) is 34.4 Å². The van der Waals surface area contributed by atoms with Crippen LogP contribution >= 0.6 is 0 Å². The summed E-state index contributed by atoms with van der Waals surface area (Å²) in [6.45, 7) is 1.24. The van der Waals surface area contributed by atoms with Gasteiger partial charge in [0.05, 0.1) is 17.7 Å². The summed E-state index contributed by atoms with van der Waals surface area (Å²) in [5.74, 6) is 0. The molecule has 1 rings (SSSR count). The molecule has 0 atom stereocenters. The van der Waals surface area contributed by atoms with E-state index in [0.29, 0.717) is 26.1 Å². The molecule has 14 heavy (non-hydrogen) atoms. The molecule has 0 saturated carbocycles. The van der Waals surface area contributed by atoms with Gasteiger partial charge in [0.15, 0.2) is 0 Å². The molecule has 1 aliphatic heterocycles. The fourth-order valence-electron chi connectivity index (χ4n) is 1.36. The topological polar surface area (TPSA) is 79.2 Å². The lowest BCUT2D eigenvalue weighted by Gasteiger charge is -2.30. The number of sulfonamides is 1. The largest absolute Gasteiger partial charge is 0.381 e. The zero-order valence-corrected chi connectivity index (χ0v) is 8.93. The smallest absolute Gasteiger partial charge is 0.208 e. The zero-order valence-electron chi connectivity index (χ0n) is 8.12. The lowest BCUT2D eigenvalue weighted by molar-refractivity contribution is 0.0426. The monoisotopic (exact) mass is 218 g/mol. The van der Waals surface area contributed by atoms with Crippen molar-refractivity contribution < 1.29 is 13.2 Å². The van der Waals surface area contributed by atoms with Crippen molar-refractivity contribution in [2.45, 2.75) is 12.8 Å². The van der Waals surface area contributed by atoms with Gasteiger partial charge in [-0.3, -0.25) is 0 Å². The van der Waals surface area contributed by atoms with Gasteiger partial charge in [-0.1, -0.05) is 0 Å². The molecule has 0 bridgehead atoms. The van der Waals surface area contributed by atoms with Crippen LogP contribution in [0.2, 0.25) is 0 Å². The Morgan fingerprint density at radius 1 is 1.50 bits per heavy atom. The van der Waals surface area contributed by atoms with E-state index in [0.717, 1.165) is 6.26 Å². The van der Waals surface area contributed by atoms with Gasteiger partial charge in [0.25, 0.3) is 0 Å². The summed E-state index contributed by atoms with van der Waals surface area (Å²) in [5.41, 5.74) is -0.582. The van der Waals surface area contributed by atoms with E-state index in [-0.39, 0.29) is 6.54 Å². The van der Waals surface area contributed by atoms with Crippen LogP contribution in [0.15, 0.2) is 0 Å². The Kier molecular flexibility index (Phi) is 3.48. The minimum Gasteiger partial charge on any atom is -0.381 e. The Balaban J connectivity index is 2.58. The van der Waals surface area contributed by atoms with Crippen molar-refractivity contribution in [3.63, 3.8) is 0 Å². The Labute approximate surface area is 84.1 Å². The standard InChI is InChI=1S/C8H14N2O3S/c1-14(11,12)10-7-8(6-9)2-4-13-5-3-8/h10H,2-5,7H2,1H3. The van der Waals surface area contributed by atoms with Crippen molar-refractivity contribution in [2.24, 2.45) is 5.41 Å². The van der Waals surface area contributed by atoms with Crippen molar-refractivity contribution in [1.82, 2.24) is 4.72 Å². The van der Waals surface area contributed by atoms with Crippen LogP contribution in [0.25, 0.3) is 0 Å². The first-order chi connectivity index (χ1) is 6.47. The Hall–Kier alpha value is -0.640. The second-order valence-electron chi connectivity index (χ2n) is 3.60. The predicted octanol–water partition coefficient (Wildman–Crippen LogP) is -0.144. The summed E-state index contributed by atoms with van der Waals surface area (Å²) in [5, 5.41) is 9.00. The maximum absolute atomic E-state index is 10.9. The fourth-order valence-corrected chi connectivity index (χ4v) is 1.90. The Bertz CT molecular complexity index is 325. The van der Waals surface area contributed by atoms with Crippen LogP contribution in [0.4, 0.5) is 0 Å². The van der Waals surface area contributed by atoms with Gasteiger partial charge in [0.2, 0.25) is 10.0 Å². The summed E-state index contributed by atoms with van der Waals surface area (Å²) < 4.78 is 29.3. The highest BCUT2D eigenvalue weighted by Crippen LogP contribution is 2.28. The first-order valence-electron chi connectivity index (χ1n) is 4.41. The van der Waals surface area contributed by atoms with Crippen molar-refractivity contribution in [3.05, 3.63) is 0 Å². The van der Waals surface area contributed by atoms with Gasteiger partial charge in [-0.2, -0.15) is 5.26 Å². The van der Waals surface area contributed by atoms with Gasteiger partial charge in [-0.15, -0.1) is 0 Å². The van der Waals surface area contributed by atoms with E-state index in [4.69, 9.17) is 10.00 Å². The lowest BCUT2D eigenvalue weighted by atomic mass is 9.82. The van der Waals surface area contributed by atoms with E-state index < -0.39 is 15.4 Å². The molecule has 0 spiro atoms. The lowest BCUT2D eigenvalue weighted by Crippen LogP contribution is -2.40. The quantitative estimate of drug-likeness (QED) is 0.714. The summed E-state index contributed by atoms with van der Waals surface area (Å²) >= 11 is 0. The molecule has 1 heterocycles. The van der Waals surface area contributed by atoms with E-state index in [1.54, 1.807) is 0 Å². The van der Waals surface area contributed by atoms with Gasteiger partial charge in [-0.05, 0) is 12.8 Å². The molecule has 0 aromatic rings. The van der Waals surface area contributed by atoms with Crippen LogP contribution in [0.5, 0.6) is 0 Å². The fraction of sp³-hybridized carbons (Fsp3) is 0.875. The van der Waals surface area contributed by atoms with Gasteiger partial charge < -0.3 is 4.74 Å². The average molecular weight is 218 g/mol. The van der Waals surface area contributed by atoms with E-state index in [1.807, 2.05) is 0 Å². The number of nitriles is 1. The van der Waals surface area contributed by atoms with Gasteiger partial charge in [0.1, 0.15) is 0 Å². The number of nitrogens with zero attached hydrogens (tertiary/aromatic N) is 1. The number of hydrogen-bond donors (Lipinski definition) is 1. The molecule has 0 aliphatic carbocycles. The summed E-state index contributed by atoms with van der Waals surface area (Å²) in [7, 11) is -3.21. The molecule has 0 aromatic carbocycles. The molecular weight excluding hydrogens is 204 g/mol. The molecule has 0 aromatic heterocycles. The number of ether oxygens (including phenoxy) is 1. The zero-order chi connectivity index (χ0) is 10.7. The highest BCUT2D eigenvalue weighted by Gasteiger charge is 2.33. The third-order valence-electron chi connectivity index (χ3n) is 2.36. The van der Waals surface area contributed by atoms with Crippen LogP contribution < -0.4 is 4.72 Å². The van der Waals surface area contributed by atoms with Gasteiger partial charge >= 0.3 is 0 Å². The van der Waals surface area contributed by atoms with E-state index >= 15 is 0 Å². The molecule has 6 heteroatoms. The second-order valence-corrected chi connectivity index (χ2v) is 5.43. The molecule has 1 N–H and O–H groups in total. The van der Waals surface area contributed by atoms with Crippen molar-refractivity contribution in [3.8, 4) is 6.07 Å². The van der Waals surface area contributed by atoms with E-state index in [2.05, 4.69) is 10.8 Å². The van der Waals surface area contributed by atoms with Crippen molar-refractivity contribution >= 4 is 10.0 Å². The van der Waals surface area contributed by atoms with Crippen molar-refractivity contribution in [1.29, 1.82) is 5.26 Å². The highest BCUT2D eigenvalue weighted by molar-refractivity contribution is 7.88. The second kappa shape index (κ2) is 4.26. The molecule has 1 aliphatic rings. The van der Waals surface area contributed by atoms with Crippen LogP contribution in [0.3, 0.4) is 0 Å². The molecule has 5 nitrogen and oxygen atoms in total. The van der Waals surface area contributed by atoms with Crippen molar-refractivity contribution in [2.75, 3.05) is 26.0 Å². The molecule has 0 unspecified atom stereocenters. The number of nitrogens with one attached hydrogen (secondary N) is 1. The average Bonchev–Trinajstić information content (AvgIpc) is 2.15. The number of hydrogen-bond acceptors (Lipinski definition) is 4. The molecule has 0 amide bonds. The normalized spacial score (nSPS) is 21.4. The van der Waals surface area contributed by atoms with Crippen LogP contribution in [0.1, 0.15) is 12.8 Å². The minimum atomic E-state index is -3.21. The molecule has 1 saturated heterocycles. The molecule has 1 fully saturated rings.